The largest absolute Gasteiger partial charge is 0.396 e. The number of aliphatic hydroxyl groups is 1. The van der Waals surface area contributed by atoms with E-state index in [2.05, 4.69) is 0 Å². The van der Waals surface area contributed by atoms with E-state index in [9.17, 15) is 18.4 Å². The van der Waals surface area contributed by atoms with Crippen molar-refractivity contribution < 1.29 is 13.9 Å². The van der Waals surface area contributed by atoms with E-state index < -0.39 is 35.6 Å². The molecule has 0 spiro atoms. The molecule has 0 aromatic carbocycles. The van der Waals surface area contributed by atoms with Gasteiger partial charge < -0.3 is 9.67 Å². The van der Waals surface area contributed by atoms with E-state index in [4.69, 9.17) is 5.11 Å². The minimum absolute atomic E-state index is 0.201. The van der Waals surface area contributed by atoms with E-state index in [0.717, 1.165) is 10.6 Å². The van der Waals surface area contributed by atoms with Crippen LogP contribution in [0.3, 0.4) is 0 Å². The van der Waals surface area contributed by atoms with E-state index in [-0.39, 0.29) is 6.54 Å². The fourth-order valence-electron chi connectivity index (χ4n) is 1.76. The third-order valence-corrected chi connectivity index (χ3v) is 2.85. The number of rotatable bonds is 3. The first-order chi connectivity index (χ1) is 7.46. The molecule has 1 heterocycles. The highest BCUT2D eigenvalue weighted by atomic mass is 19.3. The van der Waals surface area contributed by atoms with Crippen LogP contribution in [0.4, 0.5) is 8.78 Å². The first kappa shape index (κ1) is 11.0. The fourth-order valence-corrected chi connectivity index (χ4v) is 1.76. The van der Waals surface area contributed by atoms with Gasteiger partial charge in [0.25, 0.3) is 11.5 Å². The summed E-state index contributed by atoms with van der Waals surface area (Å²) in [5.74, 6) is -5.06. The first-order valence-corrected chi connectivity index (χ1v) is 4.75. The predicted molar refractivity (Wildman–Crippen MR) is 50.3 cm³/mol. The lowest BCUT2D eigenvalue weighted by atomic mass is 10.3. The van der Waals surface area contributed by atoms with Gasteiger partial charge in [0.1, 0.15) is 0 Å². The van der Waals surface area contributed by atoms with Gasteiger partial charge in [-0.25, -0.2) is 13.6 Å². The molecule has 2 atom stereocenters. The summed E-state index contributed by atoms with van der Waals surface area (Å²) in [6, 6.07) is 1.09. The van der Waals surface area contributed by atoms with E-state index in [1.54, 1.807) is 0 Å². The number of aliphatic hydroxyl groups excluding tert-OH is 1. The first-order valence-electron chi connectivity index (χ1n) is 4.75. The molecule has 2 N–H and O–H groups in total. The highest BCUT2D eigenvalue weighted by Gasteiger charge is 2.67. The molecule has 5 nitrogen and oxygen atoms in total. The summed E-state index contributed by atoms with van der Waals surface area (Å²) in [5, 5.41) is 8.68. The fraction of sp³-hybridized carbons (Fsp3) is 0.556. The number of alkyl halides is 2. The zero-order chi connectivity index (χ0) is 11.9. The highest BCUT2D eigenvalue weighted by Crippen LogP contribution is 2.55. The molecule has 0 radical (unpaired) electrons. The molecule has 1 fully saturated rings. The lowest BCUT2D eigenvalue weighted by molar-refractivity contribution is 0.0701. The van der Waals surface area contributed by atoms with Crippen molar-refractivity contribution >= 4 is 0 Å². The lowest BCUT2D eigenvalue weighted by Gasteiger charge is -2.02. The maximum atomic E-state index is 13.0. The smallest absolute Gasteiger partial charge is 0.328 e. The summed E-state index contributed by atoms with van der Waals surface area (Å²) in [5.41, 5.74) is -1.28. The summed E-state index contributed by atoms with van der Waals surface area (Å²) in [6.45, 7) is -0.802. The Balaban J connectivity index is 2.18. The van der Waals surface area contributed by atoms with Gasteiger partial charge in [-0.2, -0.15) is 0 Å². The molecular formula is C9H10F2N2O3. The normalized spacial score (nSPS) is 26.7. The Kier molecular flexibility index (Phi) is 2.42. The standard InChI is InChI=1S/C9H10F2N2O3/c10-9(11)5(6(9)4-14)3-13-2-1-7(15)12-8(13)16/h1-2,5-6,14H,3-4H2,(H,12,15,16)/t5-,6+/m0/s1. The van der Waals surface area contributed by atoms with E-state index in [1.807, 2.05) is 4.98 Å². The number of H-pyrrole nitrogens is 1. The maximum Gasteiger partial charge on any atom is 0.328 e. The number of nitrogens with zero attached hydrogens (tertiary/aromatic N) is 1. The molecule has 0 saturated heterocycles. The van der Waals surface area contributed by atoms with Crippen molar-refractivity contribution in [2.75, 3.05) is 6.61 Å². The van der Waals surface area contributed by atoms with Crippen molar-refractivity contribution in [3.8, 4) is 0 Å². The van der Waals surface area contributed by atoms with Crippen LogP contribution in [0.5, 0.6) is 0 Å². The molecule has 7 heteroatoms. The Labute approximate surface area is 88.3 Å². The predicted octanol–water partition coefficient (Wildman–Crippen LogP) is -0.590. The summed E-state index contributed by atoms with van der Waals surface area (Å²) < 4.78 is 27.0. The van der Waals surface area contributed by atoms with Crippen LogP contribution in [0.15, 0.2) is 21.9 Å². The second kappa shape index (κ2) is 3.51. The molecule has 0 aliphatic heterocycles. The molecule has 0 bridgehead atoms. The van der Waals surface area contributed by atoms with Crippen molar-refractivity contribution in [3.63, 3.8) is 0 Å². The van der Waals surface area contributed by atoms with Gasteiger partial charge in [0.05, 0.1) is 18.4 Å². The van der Waals surface area contributed by atoms with E-state index in [0.29, 0.717) is 0 Å². The molecule has 16 heavy (non-hydrogen) atoms. The maximum absolute atomic E-state index is 13.0. The summed E-state index contributed by atoms with van der Waals surface area (Å²) in [4.78, 5) is 23.9. The number of halogens is 2. The highest BCUT2D eigenvalue weighted by molar-refractivity contribution is 5.05. The summed E-state index contributed by atoms with van der Waals surface area (Å²) >= 11 is 0. The molecule has 88 valence electrons. The number of hydrogen-bond acceptors (Lipinski definition) is 3. The van der Waals surface area contributed by atoms with E-state index in [1.165, 1.54) is 6.20 Å². The molecule has 2 rings (SSSR count). The molecule has 1 aromatic rings. The van der Waals surface area contributed by atoms with Gasteiger partial charge in [-0.1, -0.05) is 0 Å². The Morgan fingerprint density at radius 2 is 2.12 bits per heavy atom. The van der Waals surface area contributed by atoms with Gasteiger partial charge >= 0.3 is 5.69 Å². The van der Waals surface area contributed by atoms with Crippen molar-refractivity contribution in [2.45, 2.75) is 12.5 Å². The lowest BCUT2D eigenvalue weighted by Crippen LogP contribution is -2.29. The number of aromatic nitrogens is 2. The molecule has 1 saturated carbocycles. The Morgan fingerprint density at radius 3 is 2.62 bits per heavy atom. The topological polar surface area (TPSA) is 75.1 Å². The van der Waals surface area contributed by atoms with Crippen molar-refractivity contribution in [2.24, 2.45) is 11.8 Å². The van der Waals surface area contributed by atoms with Crippen molar-refractivity contribution in [3.05, 3.63) is 33.1 Å². The van der Waals surface area contributed by atoms with Crippen LogP contribution >= 0.6 is 0 Å². The van der Waals surface area contributed by atoms with Crippen LogP contribution in [0.1, 0.15) is 0 Å². The Morgan fingerprint density at radius 1 is 1.44 bits per heavy atom. The minimum Gasteiger partial charge on any atom is -0.396 e. The molecule has 0 amide bonds. The number of aromatic amines is 1. The van der Waals surface area contributed by atoms with Gasteiger partial charge in [-0.15, -0.1) is 0 Å². The molecule has 1 aliphatic rings. The Bertz CT molecular complexity index is 508. The van der Waals surface area contributed by atoms with Crippen LogP contribution in [-0.2, 0) is 6.54 Å². The summed E-state index contributed by atoms with van der Waals surface area (Å²) in [7, 11) is 0. The van der Waals surface area contributed by atoms with E-state index >= 15 is 0 Å². The zero-order valence-corrected chi connectivity index (χ0v) is 8.19. The summed E-state index contributed by atoms with van der Waals surface area (Å²) in [6.07, 6.45) is 1.17. The average Bonchev–Trinajstić information content (AvgIpc) is 2.72. The van der Waals surface area contributed by atoms with Gasteiger partial charge in [0.2, 0.25) is 0 Å². The average molecular weight is 232 g/mol. The molecule has 1 aromatic heterocycles. The van der Waals surface area contributed by atoms with Crippen molar-refractivity contribution in [1.82, 2.24) is 9.55 Å². The minimum atomic E-state index is -2.93. The van der Waals surface area contributed by atoms with Gasteiger partial charge in [0, 0.05) is 18.8 Å². The number of nitrogens with one attached hydrogen (secondary N) is 1. The van der Waals surface area contributed by atoms with Crippen LogP contribution in [-0.4, -0.2) is 27.2 Å². The zero-order valence-electron chi connectivity index (χ0n) is 8.19. The molecular weight excluding hydrogens is 222 g/mol. The molecule has 0 unspecified atom stereocenters. The monoisotopic (exact) mass is 232 g/mol. The third-order valence-electron chi connectivity index (χ3n) is 2.85. The second-order valence-corrected chi connectivity index (χ2v) is 3.83. The third kappa shape index (κ3) is 1.67. The van der Waals surface area contributed by atoms with Gasteiger partial charge in [-0.3, -0.25) is 9.78 Å². The molecule has 1 aliphatic carbocycles. The van der Waals surface area contributed by atoms with Crippen molar-refractivity contribution in [1.29, 1.82) is 0 Å². The number of hydrogen-bond donors (Lipinski definition) is 2. The van der Waals surface area contributed by atoms with Crippen LogP contribution < -0.4 is 11.2 Å². The van der Waals surface area contributed by atoms with Gasteiger partial charge in [-0.05, 0) is 0 Å². The van der Waals surface area contributed by atoms with Crippen LogP contribution in [0.25, 0.3) is 0 Å². The SMILES string of the molecule is O=c1ccn(C[C@H]2[C@@H](CO)C2(F)F)c(=O)[nH]1. The quantitative estimate of drug-likeness (QED) is 0.731. The second-order valence-electron chi connectivity index (χ2n) is 3.83. The van der Waals surface area contributed by atoms with Crippen LogP contribution in [0, 0.1) is 11.8 Å². The van der Waals surface area contributed by atoms with Crippen LogP contribution in [0.2, 0.25) is 0 Å². The Hall–Kier alpha value is -1.50. The van der Waals surface area contributed by atoms with Gasteiger partial charge in [0.15, 0.2) is 0 Å².